The highest BCUT2D eigenvalue weighted by atomic mass is 16.6. The first-order chi connectivity index (χ1) is 13.6. The van der Waals surface area contributed by atoms with Crippen molar-refractivity contribution in [3.8, 4) is 0 Å². The maximum Gasteiger partial charge on any atom is 0.408 e. The fourth-order valence-corrected chi connectivity index (χ4v) is 3.73. The molecule has 0 saturated heterocycles. The molecule has 1 saturated carbocycles. The Morgan fingerprint density at radius 3 is 2.54 bits per heavy atom. The predicted octanol–water partition coefficient (Wildman–Crippen LogP) is 4.44. The van der Waals surface area contributed by atoms with Crippen LogP contribution in [0.1, 0.15) is 41.9 Å². The standard InChI is InChI=1S/C23H25NO4/c1-3-17-9-11-19(12-10-17)20-13-14-23(15-20,21(25)27-2)24-22(26)28-16-18-7-5-4-6-8-18/h3-12,20H,1,13-16H2,2H3,(H,24,26)/t20-,23-/m1/s1. The molecule has 2 aromatic rings. The van der Waals surface area contributed by atoms with Crippen LogP contribution in [0.3, 0.4) is 0 Å². The van der Waals surface area contributed by atoms with Crippen molar-refractivity contribution in [1.82, 2.24) is 5.32 Å². The zero-order chi connectivity index (χ0) is 20.0. The van der Waals surface area contributed by atoms with Gasteiger partial charge in [-0.2, -0.15) is 0 Å². The van der Waals surface area contributed by atoms with Crippen molar-refractivity contribution in [1.29, 1.82) is 0 Å². The maximum absolute atomic E-state index is 12.5. The van der Waals surface area contributed by atoms with E-state index in [1.807, 2.05) is 54.6 Å². The molecule has 0 aliphatic heterocycles. The summed E-state index contributed by atoms with van der Waals surface area (Å²) < 4.78 is 10.3. The van der Waals surface area contributed by atoms with Gasteiger partial charge in [0.25, 0.3) is 0 Å². The van der Waals surface area contributed by atoms with Gasteiger partial charge in [0.2, 0.25) is 0 Å². The number of ether oxygens (including phenoxy) is 2. The molecule has 28 heavy (non-hydrogen) atoms. The van der Waals surface area contributed by atoms with E-state index in [0.717, 1.165) is 23.1 Å². The summed E-state index contributed by atoms with van der Waals surface area (Å²) in [6, 6.07) is 17.5. The molecule has 1 amide bonds. The molecule has 0 bridgehead atoms. The Morgan fingerprint density at radius 1 is 1.18 bits per heavy atom. The van der Waals surface area contributed by atoms with Crippen LogP contribution in [0.25, 0.3) is 6.08 Å². The minimum absolute atomic E-state index is 0.149. The van der Waals surface area contributed by atoms with E-state index in [-0.39, 0.29) is 12.5 Å². The lowest BCUT2D eigenvalue weighted by molar-refractivity contribution is -0.148. The first-order valence-corrected chi connectivity index (χ1v) is 9.36. The number of esters is 1. The van der Waals surface area contributed by atoms with E-state index in [1.165, 1.54) is 7.11 Å². The average molecular weight is 379 g/mol. The van der Waals surface area contributed by atoms with Crippen LogP contribution >= 0.6 is 0 Å². The summed E-state index contributed by atoms with van der Waals surface area (Å²) in [6.45, 7) is 3.91. The zero-order valence-corrected chi connectivity index (χ0v) is 16.0. The molecule has 1 N–H and O–H groups in total. The number of alkyl carbamates (subject to hydrolysis) is 1. The van der Waals surface area contributed by atoms with Crippen molar-refractivity contribution in [2.24, 2.45) is 0 Å². The van der Waals surface area contributed by atoms with Crippen molar-refractivity contribution >= 4 is 18.1 Å². The van der Waals surface area contributed by atoms with Crippen LogP contribution in [-0.4, -0.2) is 24.7 Å². The van der Waals surface area contributed by atoms with E-state index < -0.39 is 17.6 Å². The van der Waals surface area contributed by atoms with Crippen LogP contribution in [0.2, 0.25) is 0 Å². The zero-order valence-electron chi connectivity index (χ0n) is 16.0. The van der Waals surface area contributed by atoms with Crippen molar-refractivity contribution in [3.63, 3.8) is 0 Å². The molecule has 3 rings (SSSR count). The maximum atomic E-state index is 12.5. The molecule has 0 radical (unpaired) electrons. The number of hydrogen-bond acceptors (Lipinski definition) is 4. The Kier molecular flexibility index (Phi) is 6.14. The molecule has 2 aromatic carbocycles. The van der Waals surface area contributed by atoms with Gasteiger partial charge in [0.1, 0.15) is 12.1 Å². The lowest BCUT2D eigenvalue weighted by Gasteiger charge is -2.27. The van der Waals surface area contributed by atoms with Gasteiger partial charge in [0, 0.05) is 0 Å². The van der Waals surface area contributed by atoms with E-state index in [1.54, 1.807) is 6.08 Å². The monoisotopic (exact) mass is 379 g/mol. The second-order valence-electron chi connectivity index (χ2n) is 7.07. The van der Waals surface area contributed by atoms with Gasteiger partial charge in [-0.3, -0.25) is 0 Å². The predicted molar refractivity (Wildman–Crippen MR) is 108 cm³/mol. The van der Waals surface area contributed by atoms with Crippen LogP contribution in [0, 0.1) is 0 Å². The van der Waals surface area contributed by atoms with Crippen molar-refractivity contribution in [3.05, 3.63) is 77.9 Å². The van der Waals surface area contributed by atoms with Gasteiger partial charge in [-0.1, -0.05) is 67.3 Å². The van der Waals surface area contributed by atoms with E-state index in [2.05, 4.69) is 11.9 Å². The quantitative estimate of drug-likeness (QED) is 0.754. The molecule has 1 aliphatic rings. The molecule has 1 aliphatic carbocycles. The summed E-state index contributed by atoms with van der Waals surface area (Å²) in [7, 11) is 1.34. The molecule has 1 fully saturated rings. The molecule has 0 aromatic heterocycles. The molecule has 5 nitrogen and oxygen atoms in total. The van der Waals surface area contributed by atoms with Crippen LogP contribution in [-0.2, 0) is 20.9 Å². The number of rotatable bonds is 6. The van der Waals surface area contributed by atoms with E-state index in [9.17, 15) is 9.59 Å². The highest BCUT2D eigenvalue weighted by Gasteiger charge is 2.48. The van der Waals surface area contributed by atoms with E-state index >= 15 is 0 Å². The molecule has 146 valence electrons. The summed E-state index contributed by atoms with van der Waals surface area (Å²) >= 11 is 0. The van der Waals surface area contributed by atoms with E-state index in [4.69, 9.17) is 9.47 Å². The first-order valence-electron chi connectivity index (χ1n) is 9.36. The molecule has 2 atom stereocenters. The van der Waals surface area contributed by atoms with Crippen LogP contribution in [0.5, 0.6) is 0 Å². The number of hydrogen-bond donors (Lipinski definition) is 1. The Bertz CT molecular complexity index is 831. The second-order valence-corrected chi connectivity index (χ2v) is 7.07. The lowest BCUT2D eigenvalue weighted by Crippen LogP contribution is -2.53. The molecular formula is C23H25NO4. The Labute approximate surface area is 165 Å². The molecular weight excluding hydrogens is 354 g/mol. The number of amides is 1. The minimum Gasteiger partial charge on any atom is -0.467 e. The average Bonchev–Trinajstić information content (AvgIpc) is 3.17. The Balaban J connectivity index is 1.68. The summed E-state index contributed by atoms with van der Waals surface area (Å²) in [4.78, 5) is 24.9. The van der Waals surface area contributed by atoms with Gasteiger partial charge < -0.3 is 14.8 Å². The Morgan fingerprint density at radius 2 is 1.89 bits per heavy atom. The van der Waals surface area contributed by atoms with Crippen LogP contribution in [0.15, 0.2) is 61.2 Å². The van der Waals surface area contributed by atoms with Crippen molar-refractivity contribution in [2.75, 3.05) is 7.11 Å². The summed E-state index contributed by atoms with van der Waals surface area (Å²) in [5, 5.41) is 2.78. The highest BCUT2D eigenvalue weighted by Crippen LogP contribution is 2.41. The van der Waals surface area contributed by atoms with Crippen molar-refractivity contribution in [2.45, 2.75) is 37.3 Å². The van der Waals surface area contributed by atoms with Crippen LogP contribution < -0.4 is 5.32 Å². The third-order valence-electron chi connectivity index (χ3n) is 5.29. The third kappa shape index (κ3) is 4.42. The summed E-state index contributed by atoms with van der Waals surface area (Å²) in [5.74, 6) is -0.276. The van der Waals surface area contributed by atoms with Gasteiger partial charge in [-0.25, -0.2) is 9.59 Å². The molecule has 0 spiro atoms. The van der Waals surface area contributed by atoms with Gasteiger partial charge in [-0.05, 0) is 41.9 Å². The summed E-state index contributed by atoms with van der Waals surface area (Å²) in [5.41, 5.74) is 2.00. The highest BCUT2D eigenvalue weighted by molar-refractivity contribution is 5.86. The number of methoxy groups -OCH3 is 1. The lowest BCUT2D eigenvalue weighted by atomic mass is 9.92. The molecule has 0 unspecified atom stereocenters. The second kappa shape index (κ2) is 8.74. The van der Waals surface area contributed by atoms with E-state index in [0.29, 0.717) is 12.8 Å². The Hall–Kier alpha value is -3.08. The normalized spacial score (nSPS) is 21.0. The largest absolute Gasteiger partial charge is 0.467 e. The molecule has 5 heteroatoms. The fraction of sp³-hybridized carbons (Fsp3) is 0.304. The van der Waals surface area contributed by atoms with Gasteiger partial charge in [-0.15, -0.1) is 0 Å². The molecule has 0 heterocycles. The number of carbonyl (C=O) groups is 2. The summed E-state index contributed by atoms with van der Waals surface area (Å²) in [6.07, 6.45) is 2.95. The fourth-order valence-electron chi connectivity index (χ4n) is 3.73. The van der Waals surface area contributed by atoms with Gasteiger partial charge in [0.15, 0.2) is 0 Å². The van der Waals surface area contributed by atoms with Gasteiger partial charge >= 0.3 is 12.1 Å². The first kappa shape index (κ1) is 19.7. The van der Waals surface area contributed by atoms with Crippen LogP contribution in [0.4, 0.5) is 4.79 Å². The SMILES string of the molecule is C=Cc1ccc([C@@H]2CC[C@](NC(=O)OCc3ccccc3)(C(=O)OC)C2)cc1. The third-order valence-corrected chi connectivity index (χ3v) is 5.29. The smallest absolute Gasteiger partial charge is 0.408 e. The topological polar surface area (TPSA) is 64.6 Å². The number of carbonyl (C=O) groups excluding carboxylic acids is 2. The van der Waals surface area contributed by atoms with Gasteiger partial charge in [0.05, 0.1) is 7.11 Å². The van der Waals surface area contributed by atoms with Crippen molar-refractivity contribution < 1.29 is 19.1 Å². The minimum atomic E-state index is -1.07. The number of benzene rings is 2. The number of nitrogens with one attached hydrogen (secondary N) is 1.